The smallest absolute Gasteiger partial charge is 0.364 e. The molecule has 0 radical (unpaired) electrons. The Labute approximate surface area is 271 Å². The highest BCUT2D eigenvalue weighted by atomic mass is 16.7. The van der Waals surface area contributed by atoms with Gasteiger partial charge in [-0.3, -0.25) is 19.7 Å². The monoisotopic (exact) mass is 643 g/mol. The summed E-state index contributed by atoms with van der Waals surface area (Å²) >= 11 is 0. The summed E-state index contributed by atoms with van der Waals surface area (Å²) in [4.78, 5) is 48.9. The SMILES string of the molecule is CCOC(=O)C1=NC(Oc2cc(C#N)ccc2OCc2ccccc2)N(OC)C(Oc2cccc(C(=O)N(CC)CC)c2)=C1[N+](=O)[O-]. The quantitative estimate of drug-likeness (QED) is 0.136. The standard InChI is InChI=1S/C33H33N5O9/c1-5-36(6-2)30(39)24-14-11-15-25(19-24)46-31-29(38(41)42)28(32(40)44-7-3)35-33(37(31)43-4)47-27-18-23(20-34)16-17-26(27)45-21-22-12-9-8-10-13-22/h8-19,33H,5-7,21H2,1-4H3. The van der Waals surface area contributed by atoms with E-state index in [0.29, 0.717) is 13.1 Å². The van der Waals surface area contributed by atoms with Crippen LogP contribution in [-0.4, -0.2) is 65.6 Å². The van der Waals surface area contributed by atoms with Crippen molar-refractivity contribution in [2.45, 2.75) is 33.7 Å². The third kappa shape index (κ3) is 8.02. The molecule has 1 amide bonds. The molecule has 14 nitrogen and oxygen atoms in total. The Balaban J connectivity index is 1.78. The number of amides is 1. The minimum atomic E-state index is -1.60. The Morgan fingerprint density at radius 3 is 2.40 bits per heavy atom. The number of ether oxygens (including phenoxy) is 4. The molecule has 47 heavy (non-hydrogen) atoms. The lowest BCUT2D eigenvalue weighted by atomic mass is 10.2. The average Bonchev–Trinajstić information content (AvgIpc) is 3.08. The van der Waals surface area contributed by atoms with Crippen molar-refractivity contribution in [1.29, 1.82) is 5.26 Å². The van der Waals surface area contributed by atoms with E-state index >= 15 is 0 Å². The Morgan fingerprint density at radius 1 is 1.02 bits per heavy atom. The zero-order chi connectivity index (χ0) is 33.9. The Kier molecular flexibility index (Phi) is 11.5. The lowest BCUT2D eigenvalue weighted by molar-refractivity contribution is -0.422. The van der Waals surface area contributed by atoms with Crippen LogP contribution in [0.2, 0.25) is 0 Å². The molecule has 1 atom stereocenters. The number of nitro groups is 1. The van der Waals surface area contributed by atoms with Crippen LogP contribution in [-0.2, 0) is 21.0 Å². The van der Waals surface area contributed by atoms with E-state index in [4.69, 9.17) is 23.8 Å². The third-order valence-electron chi connectivity index (χ3n) is 6.80. The van der Waals surface area contributed by atoms with Crippen LogP contribution < -0.4 is 14.2 Å². The van der Waals surface area contributed by atoms with Crippen molar-refractivity contribution in [2.24, 2.45) is 4.99 Å². The van der Waals surface area contributed by atoms with Crippen LogP contribution in [0.5, 0.6) is 17.2 Å². The molecule has 3 aromatic carbocycles. The predicted molar refractivity (Wildman–Crippen MR) is 168 cm³/mol. The molecular formula is C33H33N5O9. The highest BCUT2D eigenvalue weighted by molar-refractivity contribution is 6.42. The maximum atomic E-state index is 13.0. The van der Waals surface area contributed by atoms with Gasteiger partial charge in [0.2, 0.25) is 5.71 Å². The molecule has 1 aliphatic rings. The number of benzene rings is 3. The Bertz CT molecular complexity index is 1710. The first-order valence-corrected chi connectivity index (χ1v) is 14.7. The lowest BCUT2D eigenvalue weighted by Gasteiger charge is -2.32. The first-order chi connectivity index (χ1) is 22.7. The highest BCUT2D eigenvalue weighted by Gasteiger charge is 2.45. The van der Waals surface area contributed by atoms with E-state index in [2.05, 4.69) is 4.99 Å². The van der Waals surface area contributed by atoms with Gasteiger partial charge in [0.15, 0.2) is 11.5 Å². The van der Waals surface area contributed by atoms with Crippen LogP contribution in [0.15, 0.2) is 89.4 Å². The number of hydrogen-bond donors (Lipinski definition) is 0. The van der Waals surface area contributed by atoms with Gasteiger partial charge in [-0.15, -0.1) is 0 Å². The van der Waals surface area contributed by atoms with E-state index in [1.54, 1.807) is 17.0 Å². The normalized spacial score (nSPS) is 14.1. The van der Waals surface area contributed by atoms with Crippen molar-refractivity contribution in [3.63, 3.8) is 0 Å². The molecular weight excluding hydrogens is 610 g/mol. The molecule has 1 heterocycles. The second kappa shape index (κ2) is 15.9. The van der Waals surface area contributed by atoms with Gasteiger partial charge in [0.1, 0.15) is 12.4 Å². The first kappa shape index (κ1) is 33.9. The summed E-state index contributed by atoms with van der Waals surface area (Å²) in [5.41, 5.74) is -0.220. The molecule has 1 aliphatic heterocycles. The number of carbonyl (C=O) groups excluding carboxylic acids is 2. The van der Waals surface area contributed by atoms with Gasteiger partial charge in [-0.1, -0.05) is 36.4 Å². The van der Waals surface area contributed by atoms with Crippen LogP contribution in [0.4, 0.5) is 0 Å². The number of aliphatic imine (C=N–C) groups is 1. The summed E-state index contributed by atoms with van der Waals surface area (Å²) < 4.78 is 23.2. The van der Waals surface area contributed by atoms with Gasteiger partial charge < -0.3 is 23.8 Å². The van der Waals surface area contributed by atoms with Crippen molar-refractivity contribution in [1.82, 2.24) is 9.96 Å². The van der Waals surface area contributed by atoms with Crippen molar-refractivity contribution < 1.29 is 38.3 Å². The van der Waals surface area contributed by atoms with Gasteiger partial charge in [-0.2, -0.15) is 10.3 Å². The van der Waals surface area contributed by atoms with E-state index in [-0.39, 0.29) is 47.5 Å². The summed E-state index contributed by atoms with van der Waals surface area (Å²) in [5, 5.41) is 22.9. The molecule has 0 bridgehead atoms. The van der Waals surface area contributed by atoms with E-state index in [1.807, 2.05) is 50.2 Å². The number of esters is 1. The largest absolute Gasteiger partial charge is 0.485 e. The Hall–Kier alpha value is -5.94. The van der Waals surface area contributed by atoms with E-state index in [1.165, 1.54) is 44.4 Å². The second-order valence-corrected chi connectivity index (χ2v) is 9.72. The van der Waals surface area contributed by atoms with Crippen molar-refractivity contribution >= 4 is 17.6 Å². The van der Waals surface area contributed by atoms with Gasteiger partial charge in [0.25, 0.3) is 12.3 Å². The molecule has 0 aromatic heterocycles. The molecule has 0 spiro atoms. The molecule has 14 heteroatoms. The van der Waals surface area contributed by atoms with Crippen molar-refractivity contribution in [3.05, 3.63) is 111 Å². The van der Waals surface area contributed by atoms with Gasteiger partial charge in [-0.05, 0) is 56.7 Å². The lowest BCUT2D eigenvalue weighted by Crippen LogP contribution is -2.46. The Morgan fingerprint density at radius 2 is 1.77 bits per heavy atom. The van der Waals surface area contributed by atoms with Crippen molar-refractivity contribution in [3.8, 4) is 23.3 Å². The van der Waals surface area contributed by atoms with Crippen LogP contribution in [0.25, 0.3) is 0 Å². The number of hydroxylamine groups is 2. The summed E-state index contributed by atoms with van der Waals surface area (Å²) in [6.07, 6.45) is -1.60. The molecule has 0 N–H and O–H groups in total. The minimum Gasteiger partial charge on any atom is -0.485 e. The summed E-state index contributed by atoms with van der Waals surface area (Å²) in [6.45, 7) is 6.21. The zero-order valence-corrected chi connectivity index (χ0v) is 26.2. The third-order valence-corrected chi connectivity index (χ3v) is 6.80. The minimum absolute atomic E-state index is 0.0229. The topological polar surface area (TPSA) is 166 Å². The summed E-state index contributed by atoms with van der Waals surface area (Å²) in [6, 6.07) is 21.8. The fourth-order valence-electron chi connectivity index (χ4n) is 4.52. The number of rotatable bonds is 14. The van der Waals surface area contributed by atoms with Gasteiger partial charge in [0, 0.05) is 24.7 Å². The van der Waals surface area contributed by atoms with Gasteiger partial charge in [0.05, 0.1) is 30.3 Å². The molecule has 0 saturated heterocycles. The fraction of sp³-hybridized carbons (Fsp3) is 0.273. The average molecular weight is 644 g/mol. The maximum Gasteiger partial charge on any atom is 0.364 e. The van der Waals surface area contributed by atoms with Crippen LogP contribution >= 0.6 is 0 Å². The van der Waals surface area contributed by atoms with Crippen molar-refractivity contribution in [2.75, 3.05) is 26.8 Å². The zero-order valence-electron chi connectivity index (χ0n) is 26.2. The molecule has 1 unspecified atom stereocenters. The molecule has 244 valence electrons. The number of hydrogen-bond acceptors (Lipinski definition) is 12. The second-order valence-electron chi connectivity index (χ2n) is 9.72. The maximum absolute atomic E-state index is 13.0. The highest BCUT2D eigenvalue weighted by Crippen LogP contribution is 2.34. The molecule has 3 aromatic rings. The molecule has 0 saturated carbocycles. The molecule has 0 aliphatic carbocycles. The number of carbonyl (C=O) groups is 2. The van der Waals surface area contributed by atoms with E-state index < -0.39 is 34.5 Å². The van der Waals surface area contributed by atoms with Gasteiger partial charge in [-0.25, -0.2) is 9.79 Å². The van der Waals surface area contributed by atoms with Crippen LogP contribution in [0.1, 0.15) is 42.3 Å². The van der Waals surface area contributed by atoms with Gasteiger partial charge >= 0.3 is 17.5 Å². The van der Waals surface area contributed by atoms with E-state index in [9.17, 15) is 25.0 Å². The van der Waals surface area contributed by atoms with Crippen LogP contribution in [0.3, 0.4) is 0 Å². The summed E-state index contributed by atoms with van der Waals surface area (Å²) in [7, 11) is 1.20. The summed E-state index contributed by atoms with van der Waals surface area (Å²) in [5.74, 6) is -1.69. The first-order valence-electron chi connectivity index (χ1n) is 14.7. The molecule has 0 fully saturated rings. The number of nitriles is 1. The predicted octanol–water partition coefficient (Wildman–Crippen LogP) is 4.69. The fourth-order valence-corrected chi connectivity index (χ4v) is 4.52. The molecule has 4 rings (SSSR count). The number of nitrogens with zero attached hydrogens (tertiary/aromatic N) is 5. The van der Waals surface area contributed by atoms with Crippen LogP contribution in [0, 0.1) is 21.4 Å². The van der Waals surface area contributed by atoms with E-state index in [0.717, 1.165) is 10.6 Å².